The Kier molecular flexibility index (Phi) is 7.16. The number of nitrogens with zero attached hydrogens (tertiary/aromatic N) is 2. The van der Waals surface area contributed by atoms with Gasteiger partial charge in [0.1, 0.15) is 5.75 Å². The molecule has 1 aliphatic carbocycles. The first-order chi connectivity index (χ1) is 13.2. The first-order valence-corrected chi connectivity index (χ1v) is 10.2. The predicted molar refractivity (Wildman–Crippen MR) is 118 cm³/mol. The average Bonchev–Trinajstić information content (AvgIpc) is 3.11. The minimum Gasteiger partial charge on any atom is -0.496 e. The highest BCUT2D eigenvalue weighted by Crippen LogP contribution is 2.31. The molecule has 0 amide bonds. The van der Waals surface area contributed by atoms with Crippen molar-refractivity contribution in [3.63, 3.8) is 0 Å². The third kappa shape index (κ3) is 4.59. The van der Waals surface area contributed by atoms with Crippen molar-refractivity contribution in [2.45, 2.75) is 38.4 Å². The molecule has 1 N–H and O–H groups in total. The molecule has 0 radical (unpaired) electrons. The van der Waals surface area contributed by atoms with E-state index in [-0.39, 0.29) is 12.4 Å². The lowest BCUT2D eigenvalue weighted by atomic mass is 9.92. The zero-order chi connectivity index (χ0) is 18.6. The Morgan fingerprint density at radius 1 is 1.21 bits per heavy atom. The number of fused-ring (bicyclic) bond motifs is 1. The zero-order valence-corrected chi connectivity index (χ0v) is 18.3. The molecule has 0 fully saturated rings. The van der Waals surface area contributed by atoms with Crippen molar-refractivity contribution in [3.8, 4) is 5.75 Å². The normalized spacial score (nSPS) is 15.6. The highest BCUT2D eigenvalue weighted by Gasteiger charge is 2.24. The Labute approximate surface area is 180 Å². The second-order valence-electron chi connectivity index (χ2n) is 6.97. The molecule has 0 spiro atoms. The number of nitrogens with one attached hydrogen (secondary N) is 1. The van der Waals surface area contributed by atoms with Crippen molar-refractivity contribution in [2.24, 2.45) is 0 Å². The van der Waals surface area contributed by atoms with Gasteiger partial charge in [-0.2, -0.15) is 5.10 Å². The van der Waals surface area contributed by atoms with E-state index in [0.717, 1.165) is 41.7 Å². The lowest BCUT2D eigenvalue weighted by Gasteiger charge is -2.25. The van der Waals surface area contributed by atoms with E-state index in [0.29, 0.717) is 6.04 Å². The van der Waals surface area contributed by atoms with E-state index in [2.05, 4.69) is 62.3 Å². The molecule has 0 aliphatic heterocycles. The van der Waals surface area contributed by atoms with Crippen LogP contribution in [0.5, 0.6) is 5.75 Å². The zero-order valence-electron chi connectivity index (χ0n) is 15.9. The summed E-state index contributed by atoms with van der Waals surface area (Å²) in [6.07, 6.45) is 5.47. The van der Waals surface area contributed by atoms with Crippen LogP contribution >= 0.6 is 28.3 Å². The predicted octanol–water partition coefficient (Wildman–Crippen LogP) is 5.29. The van der Waals surface area contributed by atoms with Crippen LogP contribution in [0.25, 0.3) is 0 Å². The fourth-order valence-corrected chi connectivity index (χ4v) is 4.25. The third-order valence-corrected chi connectivity index (χ3v) is 5.71. The van der Waals surface area contributed by atoms with Crippen LogP contribution < -0.4 is 10.1 Å². The van der Waals surface area contributed by atoms with Crippen molar-refractivity contribution < 1.29 is 4.74 Å². The van der Waals surface area contributed by atoms with Gasteiger partial charge in [-0.1, -0.05) is 46.3 Å². The van der Waals surface area contributed by atoms with Gasteiger partial charge in [0.2, 0.25) is 0 Å². The monoisotopic (exact) mass is 461 g/mol. The minimum absolute atomic E-state index is 0. The summed E-state index contributed by atoms with van der Waals surface area (Å²) >= 11 is 3.56. The summed E-state index contributed by atoms with van der Waals surface area (Å²) in [5.74, 6) is 0.918. The molecule has 1 atom stereocenters. The van der Waals surface area contributed by atoms with E-state index in [9.17, 15) is 0 Å². The van der Waals surface area contributed by atoms with E-state index in [1.807, 2.05) is 18.3 Å². The summed E-state index contributed by atoms with van der Waals surface area (Å²) in [6.45, 7) is 1.61. The average molecular weight is 463 g/mol. The van der Waals surface area contributed by atoms with Crippen LogP contribution in [-0.2, 0) is 19.5 Å². The largest absolute Gasteiger partial charge is 0.496 e. The quantitative estimate of drug-likeness (QED) is 0.541. The molecule has 148 valence electrons. The summed E-state index contributed by atoms with van der Waals surface area (Å²) < 4.78 is 8.74. The number of aromatic nitrogens is 2. The molecule has 28 heavy (non-hydrogen) atoms. The van der Waals surface area contributed by atoms with Crippen molar-refractivity contribution in [3.05, 3.63) is 81.6 Å². The van der Waals surface area contributed by atoms with Gasteiger partial charge in [-0.05, 0) is 43.0 Å². The van der Waals surface area contributed by atoms with E-state index in [1.54, 1.807) is 7.11 Å². The summed E-state index contributed by atoms with van der Waals surface area (Å²) in [7, 11) is 1.72. The molecule has 2 aromatic carbocycles. The lowest BCUT2D eigenvalue weighted by molar-refractivity contribution is 0.400. The van der Waals surface area contributed by atoms with Crippen LogP contribution in [0.15, 0.2) is 59.2 Å². The van der Waals surface area contributed by atoms with Crippen molar-refractivity contribution >= 4 is 28.3 Å². The Bertz CT molecular complexity index is 913. The fraction of sp³-hybridized carbons (Fsp3) is 0.318. The van der Waals surface area contributed by atoms with Crippen LogP contribution in [0.1, 0.15) is 41.3 Å². The van der Waals surface area contributed by atoms with E-state index in [1.165, 1.54) is 23.2 Å². The number of ether oxygens (including phenoxy) is 1. The molecule has 6 heteroatoms. The van der Waals surface area contributed by atoms with Gasteiger partial charge in [-0.25, -0.2) is 0 Å². The highest BCUT2D eigenvalue weighted by molar-refractivity contribution is 9.10. The molecule has 4 nitrogen and oxygen atoms in total. The van der Waals surface area contributed by atoms with Crippen LogP contribution in [0.4, 0.5) is 0 Å². The number of halogens is 2. The van der Waals surface area contributed by atoms with Crippen molar-refractivity contribution in [1.82, 2.24) is 15.1 Å². The Hall–Kier alpha value is -1.82. The molecule has 4 rings (SSSR count). The maximum absolute atomic E-state index is 5.50. The number of methoxy groups -OCH3 is 1. The summed E-state index contributed by atoms with van der Waals surface area (Å²) in [5, 5.41) is 8.41. The molecule has 1 aliphatic rings. The highest BCUT2D eigenvalue weighted by atomic mass is 79.9. The fourth-order valence-electron chi connectivity index (χ4n) is 3.84. The first-order valence-electron chi connectivity index (χ1n) is 9.39. The van der Waals surface area contributed by atoms with Gasteiger partial charge in [-0.15, -0.1) is 12.4 Å². The van der Waals surface area contributed by atoms with Gasteiger partial charge in [0.05, 0.1) is 19.9 Å². The standard InChI is InChI=1S/C22H24BrN3O.ClH/c1-27-22-11-10-18(23)12-17(22)13-24-20-8-5-9-21-19(20)14-25-26(21)15-16-6-3-2-4-7-16;/h2-4,6-7,10-12,14,20,24H,5,8-9,13,15H2,1H3;1H. The molecule has 1 heterocycles. The topological polar surface area (TPSA) is 39.1 Å². The molecular formula is C22H25BrClN3O. The lowest BCUT2D eigenvalue weighted by Crippen LogP contribution is -2.25. The molecule has 3 aromatic rings. The van der Waals surface area contributed by atoms with E-state index < -0.39 is 0 Å². The molecular weight excluding hydrogens is 438 g/mol. The van der Waals surface area contributed by atoms with Crippen LogP contribution in [-0.4, -0.2) is 16.9 Å². The third-order valence-electron chi connectivity index (χ3n) is 5.22. The second kappa shape index (κ2) is 9.59. The number of hydrogen-bond donors (Lipinski definition) is 1. The number of rotatable bonds is 6. The van der Waals surface area contributed by atoms with Crippen molar-refractivity contribution in [2.75, 3.05) is 7.11 Å². The van der Waals surface area contributed by atoms with Gasteiger partial charge in [-0.3, -0.25) is 4.68 Å². The summed E-state index contributed by atoms with van der Waals surface area (Å²) in [6, 6.07) is 17.0. The van der Waals surface area contributed by atoms with Crippen molar-refractivity contribution in [1.29, 1.82) is 0 Å². The Morgan fingerprint density at radius 3 is 2.82 bits per heavy atom. The van der Waals surface area contributed by atoms with Crippen LogP contribution in [0.3, 0.4) is 0 Å². The molecule has 0 saturated heterocycles. The maximum atomic E-state index is 5.50. The number of benzene rings is 2. The summed E-state index contributed by atoms with van der Waals surface area (Å²) in [4.78, 5) is 0. The molecule has 0 bridgehead atoms. The van der Waals surface area contributed by atoms with Gasteiger partial charge < -0.3 is 10.1 Å². The molecule has 1 aromatic heterocycles. The van der Waals surface area contributed by atoms with Gasteiger partial charge in [0.15, 0.2) is 0 Å². The van der Waals surface area contributed by atoms with Crippen LogP contribution in [0.2, 0.25) is 0 Å². The Morgan fingerprint density at radius 2 is 2.04 bits per heavy atom. The van der Waals surface area contributed by atoms with E-state index >= 15 is 0 Å². The minimum atomic E-state index is 0. The Balaban J connectivity index is 0.00000225. The maximum Gasteiger partial charge on any atom is 0.123 e. The molecule has 0 saturated carbocycles. The first kappa shape index (κ1) is 20.9. The second-order valence-corrected chi connectivity index (χ2v) is 7.89. The SMILES string of the molecule is COc1ccc(Br)cc1CNC1CCCc2c1cnn2Cc1ccccc1.Cl. The summed E-state index contributed by atoms with van der Waals surface area (Å²) in [5.41, 5.74) is 5.16. The van der Waals surface area contributed by atoms with Gasteiger partial charge in [0.25, 0.3) is 0 Å². The van der Waals surface area contributed by atoms with Gasteiger partial charge >= 0.3 is 0 Å². The smallest absolute Gasteiger partial charge is 0.123 e. The van der Waals surface area contributed by atoms with E-state index in [4.69, 9.17) is 9.84 Å². The van der Waals surface area contributed by atoms with Gasteiger partial charge in [0, 0.05) is 33.9 Å². The number of hydrogen-bond acceptors (Lipinski definition) is 3. The molecule has 1 unspecified atom stereocenters. The van der Waals surface area contributed by atoms with Crippen LogP contribution in [0, 0.1) is 0 Å².